The molecule has 0 radical (unpaired) electrons. The molecular weight excluding hydrogens is 321 g/mol. The molecule has 6 heteroatoms. The van der Waals surface area contributed by atoms with Crippen molar-refractivity contribution in [2.45, 2.75) is 20.0 Å². The SMILES string of the molecule is CC(C)CN(C[C@@H](O)c1ccc(F)cc1)C(=O)c1cc(C#N)cn1C. The van der Waals surface area contributed by atoms with Gasteiger partial charge in [-0.05, 0) is 29.7 Å². The Hall–Kier alpha value is -2.65. The van der Waals surface area contributed by atoms with E-state index in [0.29, 0.717) is 23.4 Å². The van der Waals surface area contributed by atoms with E-state index in [-0.39, 0.29) is 24.2 Å². The van der Waals surface area contributed by atoms with Gasteiger partial charge in [0.2, 0.25) is 0 Å². The van der Waals surface area contributed by atoms with E-state index in [9.17, 15) is 14.3 Å². The van der Waals surface area contributed by atoms with Crippen LogP contribution < -0.4 is 0 Å². The molecule has 0 aliphatic rings. The molecule has 1 aromatic heterocycles. The first-order valence-corrected chi connectivity index (χ1v) is 8.11. The van der Waals surface area contributed by atoms with Crippen molar-refractivity contribution in [3.05, 3.63) is 59.2 Å². The second kappa shape index (κ2) is 7.95. The molecule has 1 amide bonds. The van der Waals surface area contributed by atoms with Gasteiger partial charge in [-0.25, -0.2) is 4.39 Å². The number of aliphatic hydroxyl groups excluding tert-OH is 1. The number of carbonyl (C=O) groups is 1. The van der Waals surface area contributed by atoms with E-state index in [1.54, 1.807) is 28.8 Å². The van der Waals surface area contributed by atoms with Gasteiger partial charge in [-0.1, -0.05) is 26.0 Å². The molecule has 25 heavy (non-hydrogen) atoms. The number of hydrogen-bond donors (Lipinski definition) is 1. The van der Waals surface area contributed by atoms with Gasteiger partial charge >= 0.3 is 0 Å². The molecule has 1 aromatic carbocycles. The van der Waals surface area contributed by atoms with Crippen molar-refractivity contribution in [3.63, 3.8) is 0 Å². The van der Waals surface area contributed by atoms with E-state index >= 15 is 0 Å². The lowest BCUT2D eigenvalue weighted by Gasteiger charge is -2.27. The Balaban J connectivity index is 2.22. The van der Waals surface area contributed by atoms with Gasteiger partial charge in [-0.15, -0.1) is 0 Å². The van der Waals surface area contributed by atoms with Gasteiger partial charge in [0.25, 0.3) is 5.91 Å². The molecule has 132 valence electrons. The van der Waals surface area contributed by atoms with Crippen LogP contribution in [-0.4, -0.2) is 33.6 Å². The summed E-state index contributed by atoms with van der Waals surface area (Å²) in [5.74, 6) is -0.419. The van der Waals surface area contributed by atoms with E-state index in [1.807, 2.05) is 19.9 Å². The molecule has 1 N–H and O–H groups in total. The highest BCUT2D eigenvalue weighted by Crippen LogP contribution is 2.18. The zero-order valence-electron chi connectivity index (χ0n) is 14.6. The molecule has 5 nitrogen and oxygen atoms in total. The third-order valence-electron chi connectivity index (χ3n) is 3.87. The fourth-order valence-corrected chi connectivity index (χ4v) is 2.68. The molecule has 0 saturated heterocycles. The maximum atomic E-state index is 13.0. The molecule has 2 rings (SSSR count). The highest BCUT2D eigenvalue weighted by molar-refractivity contribution is 5.93. The smallest absolute Gasteiger partial charge is 0.270 e. The minimum atomic E-state index is -0.918. The lowest BCUT2D eigenvalue weighted by Crippen LogP contribution is -2.38. The Morgan fingerprint density at radius 3 is 2.48 bits per heavy atom. The molecule has 1 heterocycles. The molecule has 0 spiro atoms. The van der Waals surface area contributed by atoms with Gasteiger partial charge in [-0.3, -0.25) is 4.79 Å². The van der Waals surface area contributed by atoms with Crippen LogP contribution in [0.1, 0.15) is 41.6 Å². The molecular formula is C19H22FN3O2. The van der Waals surface area contributed by atoms with Crippen LogP contribution in [0.25, 0.3) is 0 Å². The van der Waals surface area contributed by atoms with E-state index < -0.39 is 6.10 Å². The van der Waals surface area contributed by atoms with Crippen LogP contribution in [0.4, 0.5) is 4.39 Å². The first-order chi connectivity index (χ1) is 11.8. The predicted octanol–water partition coefficient (Wildman–Crippen LogP) is 2.87. The van der Waals surface area contributed by atoms with Crippen LogP contribution >= 0.6 is 0 Å². The van der Waals surface area contributed by atoms with Crippen LogP contribution in [0.15, 0.2) is 36.5 Å². The number of hydrogen-bond acceptors (Lipinski definition) is 3. The number of nitriles is 1. The summed E-state index contributed by atoms with van der Waals surface area (Å²) in [5, 5.41) is 19.4. The second-order valence-electron chi connectivity index (χ2n) is 6.51. The fourth-order valence-electron chi connectivity index (χ4n) is 2.68. The summed E-state index contributed by atoms with van der Waals surface area (Å²) in [5.41, 5.74) is 1.35. The van der Waals surface area contributed by atoms with Crippen LogP contribution in [0, 0.1) is 23.1 Å². The summed E-state index contributed by atoms with van der Waals surface area (Å²) in [6.07, 6.45) is 0.677. The molecule has 0 saturated carbocycles. The Kier molecular flexibility index (Phi) is 5.94. The lowest BCUT2D eigenvalue weighted by atomic mass is 10.1. The summed E-state index contributed by atoms with van der Waals surface area (Å²) < 4.78 is 14.6. The summed E-state index contributed by atoms with van der Waals surface area (Å²) in [6.45, 7) is 4.52. The second-order valence-corrected chi connectivity index (χ2v) is 6.51. The lowest BCUT2D eigenvalue weighted by molar-refractivity contribution is 0.0585. The van der Waals surface area contributed by atoms with Crippen molar-refractivity contribution < 1.29 is 14.3 Å². The first kappa shape index (κ1) is 18.7. The predicted molar refractivity (Wildman–Crippen MR) is 92.2 cm³/mol. The fraction of sp³-hybridized carbons (Fsp3) is 0.368. The number of aryl methyl sites for hydroxylation is 1. The maximum absolute atomic E-state index is 13.0. The van der Waals surface area contributed by atoms with Crippen molar-refractivity contribution in [3.8, 4) is 6.07 Å². The first-order valence-electron chi connectivity index (χ1n) is 8.11. The molecule has 0 aliphatic carbocycles. The number of halogens is 1. The van der Waals surface area contributed by atoms with Crippen molar-refractivity contribution in [2.24, 2.45) is 13.0 Å². The van der Waals surface area contributed by atoms with Crippen LogP contribution in [-0.2, 0) is 7.05 Å². The Labute approximate surface area is 146 Å². The Bertz CT molecular complexity index is 775. The number of rotatable bonds is 6. The van der Waals surface area contributed by atoms with E-state index in [4.69, 9.17) is 5.26 Å². The standard InChI is InChI=1S/C19H22FN3O2/c1-13(2)10-23(12-18(24)15-4-6-16(20)7-5-15)19(25)17-8-14(9-21)11-22(17)3/h4-8,11,13,18,24H,10,12H2,1-3H3/t18-/m1/s1. The summed E-state index contributed by atoms with van der Waals surface area (Å²) in [4.78, 5) is 14.4. The maximum Gasteiger partial charge on any atom is 0.270 e. The number of nitrogens with zero attached hydrogens (tertiary/aromatic N) is 3. The molecule has 0 bridgehead atoms. The van der Waals surface area contributed by atoms with Crippen LogP contribution in [0.5, 0.6) is 0 Å². The third-order valence-corrected chi connectivity index (χ3v) is 3.87. The zero-order chi connectivity index (χ0) is 18.6. The molecule has 0 aliphatic heterocycles. The summed E-state index contributed by atoms with van der Waals surface area (Å²) in [6, 6.07) is 9.14. The van der Waals surface area contributed by atoms with Gasteiger partial charge in [0.05, 0.1) is 18.2 Å². The molecule has 0 fully saturated rings. The van der Waals surface area contributed by atoms with Crippen molar-refractivity contribution in [1.29, 1.82) is 5.26 Å². The molecule has 1 atom stereocenters. The average molecular weight is 343 g/mol. The average Bonchev–Trinajstić information content (AvgIpc) is 2.94. The third kappa shape index (κ3) is 4.68. The highest BCUT2D eigenvalue weighted by atomic mass is 19.1. The Morgan fingerprint density at radius 2 is 1.96 bits per heavy atom. The number of aliphatic hydroxyl groups is 1. The number of amides is 1. The minimum Gasteiger partial charge on any atom is -0.387 e. The summed E-state index contributed by atoms with van der Waals surface area (Å²) in [7, 11) is 1.71. The van der Waals surface area contributed by atoms with Crippen molar-refractivity contribution in [1.82, 2.24) is 9.47 Å². The largest absolute Gasteiger partial charge is 0.387 e. The van der Waals surface area contributed by atoms with Gasteiger partial charge in [0.1, 0.15) is 17.6 Å². The normalized spacial score (nSPS) is 12.0. The number of carbonyl (C=O) groups excluding carboxylic acids is 1. The molecule has 0 unspecified atom stereocenters. The van der Waals surface area contributed by atoms with Gasteiger partial charge in [-0.2, -0.15) is 5.26 Å². The van der Waals surface area contributed by atoms with Crippen LogP contribution in [0.3, 0.4) is 0 Å². The van der Waals surface area contributed by atoms with Crippen molar-refractivity contribution in [2.75, 3.05) is 13.1 Å². The number of aromatic nitrogens is 1. The highest BCUT2D eigenvalue weighted by Gasteiger charge is 2.23. The van der Waals surface area contributed by atoms with Gasteiger partial charge in [0.15, 0.2) is 0 Å². The van der Waals surface area contributed by atoms with Crippen LogP contribution in [0.2, 0.25) is 0 Å². The minimum absolute atomic E-state index is 0.0930. The van der Waals surface area contributed by atoms with Gasteiger partial charge < -0.3 is 14.6 Å². The van der Waals surface area contributed by atoms with E-state index in [2.05, 4.69) is 0 Å². The number of benzene rings is 1. The van der Waals surface area contributed by atoms with E-state index in [1.165, 1.54) is 24.3 Å². The quantitative estimate of drug-likeness (QED) is 0.877. The zero-order valence-corrected chi connectivity index (χ0v) is 14.6. The molecule has 2 aromatic rings. The van der Waals surface area contributed by atoms with Gasteiger partial charge in [0, 0.05) is 19.8 Å². The summed E-state index contributed by atoms with van der Waals surface area (Å²) >= 11 is 0. The van der Waals surface area contributed by atoms with Crippen molar-refractivity contribution >= 4 is 5.91 Å². The van der Waals surface area contributed by atoms with E-state index in [0.717, 1.165) is 0 Å². The topological polar surface area (TPSA) is 69.3 Å². The monoisotopic (exact) mass is 343 g/mol. The Morgan fingerprint density at radius 1 is 1.32 bits per heavy atom.